The summed E-state index contributed by atoms with van der Waals surface area (Å²) in [7, 11) is 0. The van der Waals surface area contributed by atoms with Crippen molar-refractivity contribution in [1.82, 2.24) is 4.98 Å². The lowest BCUT2D eigenvalue weighted by Crippen LogP contribution is -1.98. The minimum atomic E-state index is -0.0246. The average molecular weight is 293 g/mol. The van der Waals surface area contributed by atoms with Gasteiger partial charge in [-0.3, -0.25) is 0 Å². The van der Waals surface area contributed by atoms with Crippen LogP contribution in [-0.2, 0) is 6.61 Å². The van der Waals surface area contributed by atoms with Crippen LogP contribution in [0.5, 0.6) is 0 Å². The highest BCUT2D eigenvalue weighted by molar-refractivity contribution is 9.10. The maximum Gasteiger partial charge on any atom is 0.135 e. The van der Waals surface area contributed by atoms with Crippen LogP contribution in [0, 0.1) is 6.92 Å². The average Bonchev–Trinajstić information content (AvgIpc) is 2.34. The van der Waals surface area contributed by atoms with Gasteiger partial charge in [0.2, 0.25) is 0 Å². The normalized spacial score (nSPS) is 10.3. The number of pyridine rings is 1. The third-order valence-corrected chi connectivity index (χ3v) is 3.35. The molecule has 1 aromatic heterocycles. The first kappa shape index (κ1) is 12.1. The Kier molecular flexibility index (Phi) is 3.76. The van der Waals surface area contributed by atoms with Crippen LogP contribution < -0.4 is 5.32 Å². The zero-order valence-corrected chi connectivity index (χ0v) is 11.0. The van der Waals surface area contributed by atoms with Gasteiger partial charge in [0.25, 0.3) is 0 Å². The van der Waals surface area contributed by atoms with Gasteiger partial charge in [0, 0.05) is 21.9 Å². The minimum absolute atomic E-state index is 0.0246. The summed E-state index contributed by atoms with van der Waals surface area (Å²) >= 11 is 3.49. The molecule has 0 aliphatic heterocycles. The van der Waals surface area contributed by atoms with Crippen molar-refractivity contribution in [1.29, 1.82) is 0 Å². The van der Waals surface area contributed by atoms with Gasteiger partial charge in [0.05, 0.1) is 6.61 Å². The van der Waals surface area contributed by atoms with E-state index in [1.165, 1.54) is 5.56 Å². The SMILES string of the molecule is Cc1ccc(Nc2ncccc2CO)cc1Br. The Labute approximate surface area is 109 Å². The van der Waals surface area contributed by atoms with Gasteiger partial charge in [0.15, 0.2) is 0 Å². The van der Waals surface area contributed by atoms with E-state index in [2.05, 4.69) is 26.2 Å². The molecule has 4 heteroatoms. The Bertz CT molecular complexity index is 529. The molecule has 17 heavy (non-hydrogen) atoms. The van der Waals surface area contributed by atoms with Gasteiger partial charge in [-0.05, 0) is 30.7 Å². The number of rotatable bonds is 3. The van der Waals surface area contributed by atoms with Crippen LogP contribution in [0.1, 0.15) is 11.1 Å². The van der Waals surface area contributed by atoms with Crippen molar-refractivity contribution in [2.75, 3.05) is 5.32 Å². The smallest absolute Gasteiger partial charge is 0.135 e. The van der Waals surface area contributed by atoms with Crippen LogP contribution in [-0.4, -0.2) is 10.1 Å². The van der Waals surface area contributed by atoms with Gasteiger partial charge in [-0.25, -0.2) is 4.98 Å². The highest BCUT2D eigenvalue weighted by atomic mass is 79.9. The molecule has 1 heterocycles. The van der Waals surface area contributed by atoms with E-state index < -0.39 is 0 Å². The molecule has 0 aliphatic carbocycles. The predicted octanol–water partition coefficient (Wildman–Crippen LogP) is 3.39. The lowest BCUT2D eigenvalue weighted by molar-refractivity contribution is 0.282. The van der Waals surface area contributed by atoms with Crippen molar-refractivity contribution in [2.24, 2.45) is 0 Å². The second-order valence-electron chi connectivity index (χ2n) is 3.76. The first-order valence-electron chi connectivity index (χ1n) is 5.28. The summed E-state index contributed by atoms with van der Waals surface area (Å²) in [6, 6.07) is 9.65. The highest BCUT2D eigenvalue weighted by Crippen LogP contribution is 2.24. The van der Waals surface area contributed by atoms with Crippen molar-refractivity contribution in [2.45, 2.75) is 13.5 Å². The summed E-state index contributed by atoms with van der Waals surface area (Å²) in [5, 5.41) is 12.4. The lowest BCUT2D eigenvalue weighted by atomic mass is 10.2. The molecule has 3 nitrogen and oxygen atoms in total. The van der Waals surface area contributed by atoms with Crippen molar-refractivity contribution in [3.63, 3.8) is 0 Å². The summed E-state index contributed by atoms with van der Waals surface area (Å²) in [6.45, 7) is 2.01. The molecular formula is C13H13BrN2O. The van der Waals surface area contributed by atoms with Crippen molar-refractivity contribution < 1.29 is 5.11 Å². The molecule has 88 valence electrons. The van der Waals surface area contributed by atoms with Crippen LogP contribution in [0.3, 0.4) is 0 Å². The standard InChI is InChI=1S/C13H13BrN2O/c1-9-4-5-11(7-12(9)14)16-13-10(8-17)3-2-6-15-13/h2-7,17H,8H2,1H3,(H,15,16). The molecule has 2 aromatic rings. The van der Waals surface area contributed by atoms with Gasteiger partial charge in [-0.15, -0.1) is 0 Å². The molecule has 0 amide bonds. The predicted molar refractivity (Wildman–Crippen MR) is 72.3 cm³/mol. The molecule has 1 aromatic carbocycles. The van der Waals surface area contributed by atoms with Crippen LogP contribution in [0.2, 0.25) is 0 Å². The minimum Gasteiger partial charge on any atom is -0.392 e. The van der Waals surface area contributed by atoms with Crippen molar-refractivity contribution >= 4 is 27.4 Å². The van der Waals surface area contributed by atoms with E-state index in [1.54, 1.807) is 6.20 Å². The Morgan fingerprint density at radius 1 is 1.35 bits per heavy atom. The molecular weight excluding hydrogens is 280 g/mol. The molecule has 0 atom stereocenters. The van der Waals surface area contributed by atoms with E-state index in [9.17, 15) is 5.11 Å². The van der Waals surface area contributed by atoms with Crippen molar-refractivity contribution in [3.8, 4) is 0 Å². The van der Waals surface area contributed by atoms with E-state index in [1.807, 2.05) is 37.3 Å². The number of aromatic nitrogens is 1. The molecule has 2 rings (SSSR count). The maximum atomic E-state index is 9.21. The van der Waals surface area contributed by atoms with Crippen LogP contribution in [0.15, 0.2) is 41.0 Å². The van der Waals surface area contributed by atoms with Crippen LogP contribution in [0.25, 0.3) is 0 Å². The fraction of sp³-hybridized carbons (Fsp3) is 0.154. The van der Waals surface area contributed by atoms with Crippen LogP contribution in [0.4, 0.5) is 11.5 Å². The van der Waals surface area contributed by atoms with E-state index in [0.717, 1.165) is 15.7 Å². The second kappa shape index (κ2) is 5.29. The topological polar surface area (TPSA) is 45.2 Å². The Morgan fingerprint density at radius 2 is 2.18 bits per heavy atom. The summed E-state index contributed by atoms with van der Waals surface area (Å²) in [4.78, 5) is 4.21. The number of aliphatic hydroxyl groups is 1. The quantitative estimate of drug-likeness (QED) is 0.911. The Morgan fingerprint density at radius 3 is 2.88 bits per heavy atom. The van der Waals surface area contributed by atoms with E-state index in [0.29, 0.717) is 5.82 Å². The fourth-order valence-corrected chi connectivity index (χ4v) is 1.86. The first-order valence-corrected chi connectivity index (χ1v) is 6.08. The number of hydrogen-bond acceptors (Lipinski definition) is 3. The van der Waals surface area contributed by atoms with E-state index in [-0.39, 0.29) is 6.61 Å². The largest absolute Gasteiger partial charge is 0.392 e. The lowest BCUT2D eigenvalue weighted by Gasteiger charge is -2.10. The number of nitrogens with one attached hydrogen (secondary N) is 1. The number of halogens is 1. The van der Waals surface area contributed by atoms with E-state index >= 15 is 0 Å². The summed E-state index contributed by atoms with van der Waals surface area (Å²) in [5.74, 6) is 0.686. The molecule has 0 fully saturated rings. The molecule has 0 spiro atoms. The van der Waals surface area contributed by atoms with Crippen LogP contribution >= 0.6 is 15.9 Å². The molecule has 0 aliphatic rings. The third kappa shape index (κ3) is 2.84. The maximum absolute atomic E-state index is 9.21. The van der Waals surface area contributed by atoms with Gasteiger partial charge in [-0.2, -0.15) is 0 Å². The monoisotopic (exact) mass is 292 g/mol. The van der Waals surface area contributed by atoms with Gasteiger partial charge >= 0.3 is 0 Å². The zero-order valence-electron chi connectivity index (χ0n) is 9.44. The highest BCUT2D eigenvalue weighted by Gasteiger charge is 2.03. The van der Waals surface area contributed by atoms with E-state index in [4.69, 9.17) is 0 Å². The number of nitrogens with zero attached hydrogens (tertiary/aromatic N) is 1. The number of aryl methyl sites for hydroxylation is 1. The summed E-state index contributed by atoms with van der Waals surface area (Å²) in [6.07, 6.45) is 1.70. The molecule has 2 N–H and O–H groups in total. The second-order valence-corrected chi connectivity index (χ2v) is 4.61. The molecule has 0 bridgehead atoms. The molecule has 0 saturated carbocycles. The summed E-state index contributed by atoms with van der Waals surface area (Å²) < 4.78 is 1.05. The molecule has 0 radical (unpaired) electrons. The zero-order chi connectivity index (χ0) is 12.3. The number of anilines is 2. The van der Waals surface area contributed by atoms with Gasteiger partial charge in [-0.1, -0.05) is 28.1 Å². The fourth-order valence-electron chi connectivity index (χ4n) is 1.49. The number of aliphatic hydroxyl groups excluding tert-OH is 1. The Balaban J connectivity index is 2.28. The first-order chi connectivity index (χ1) is 8.20. The molecule has 0 saturated heterocycles. The van der Waals surface area contributed by atoms with Crippen molar-refractivity contribution in [3.05, 3.63) is 52.1 Å². The number of hydrogen-bond donors (Lipinski definition) is 2. The number of benzene rings is 1. The summed E-state index contributed by atoms with van der Waals surface area (Å²) in [5.41, 5.74) is 2.90. The molecule has 0 unspecified atom stereocenters. The van der Waals surface area contributed by atoms with Gasteiger partial charge < -0.3 is 10.4 Å². The van der Waals surface area contributed by atoms with Gasteiger partial charge in [0.1, 0.15) is 5.82 Å². The Hall–Kier alpha value is -1.39. The third-order valence-electron chi connectivity index (χ3n) is 2.50.